The van der Waals surface area contributed by atoms with Crippen LogP contribution in [0.25, 0.3) is 0 Å². The van der Waals surface area contributed by atoms with Crippen molar-refractivity contribution in [2.24, 2.45) is 0 Å². The Bertz CT molecular complexity index is 645. The first kappa shape index (κ1) is 13.6. The van der Waals surface area contributed by atoms with Crippen LogP contribution in [0.2, 0.25) is 0 Å². The lowest BCUT2D eigenvalue weighted by Crippen LogP contribution is -2.08. The van der Waals surface area contributed by atoms with Gasteiger partial charge in [0.1, 0.15) is 11.4 Å². The molecular weight excluding hydrogens is 264 g/mol. The lowest BCUT2D eigenvalue weighted by atomic mass is 10.2. The van der Waals surface area contributed by atoms with E-state index in [1.165, 1.54) is 10.8 Å². The highest BCUT2D eigenvalue weighted by Crippen LogP contribution is 2.19. The summed E-state index contributed by atoms with van der Waals surface area (Å²) in [6.07, 6.45) is 1.22. The lowest BCUT2D eigenvalue weighted by molar-refractivity contribution is -0.384. The third-order valence-corrected chi connectivity index (χ3v) is 2.82. The van der Waals surface area contributed by atoms with Crippen LogP contribution in [0.1, 0.15) is 16.1 Å². The zero-order valence-electron chi connectivity index (χ0n) is 10.6. The number of carboxylic acids is 1. The van der Waals surface area contributed by atoms with Crippen molar-refractivity contribution in [3.8, 4) is 5.75 Å². The van der Waals surface area contributed by atoms with E-state index in [0.717, 1.165) is 11.6 Å². The first-order valence-corrected chi connectivity index (χ1v) is 5.72. The Morgan fingerprint density at radius 1 is 1.40 bits per heavy atom. The molecule has 1 N–H and O–H groups in total. The molecule has 0 spiro atoms. The Kier molecular flexibility index (Phi) is 3.69. The average molecular weight is 276 g/mol. The molecule has 104 valence electrons. The second-order valence-corrected chi connectivity index (χ2v) is 4.12. The Hall–Kier alpha value is -2.83. The summed E-state index contributed by atoms with van der Waals surface area (Å²) in [6.45, 7) is 0.236. The highest BCUT2D eigenvalue weighted by Gasteiger charge is 2.18. The Morgan fingerprint density at radius 2 is 2.05 bits per heavy atom. The van der Waals surface area contributed by atoms with Crippen molar-refractivity contribution in [2.45, 2.75) is 6.54 Å². The molecule has 0 aliphatic heterocycles. The van der Waals surface area contributed by atoms with Crippen molar-refractivity contribution in [1.82, 2.24) is 4.57 Å². The van der Waals surface area contributed by atoms with E-state index in [2.05, 4.69) is 0 Å². The van der Waals surface area contributed by atoms with Gasteiger partial charge >= 0.3 is 5.97 Å². The van der Waals surface area contributed by atoms with Gasteiger partial charge in [-0.2, -0.15) is 0 Å². The van der Waals surface area contributed by atoms with Gasteiger partial charge in [-0.25, -0.2) is 4.79 Å². The predicted molar refractivity (Wildman–Crippen MR) is 70.1 cm³/mol. The number of nitrogens with zero attached hydrogens (tertiary/aromatic N) is 2. The summed E-state index contributed by atoms with van der Waals surface area (Å²) < 4.78 is 6.36. The smallest absolute Gasteiger partial charge is 0.352 e. The van der Waals surface area contributed by atoms with Crippen LogP contribution >= 0.6 is 0 Å². The molecule has 7 heteroatoms. The summed E-state index contributed by atoms with van der Waals surface area (Å²) in [7, 11) is 1.55. The predicted octanol–water partition coefficient (Wildman–Crippen LogP) is 2.15. The fourth-order valence-electron chi connectivity index (χ4n) is 1.83. The van der Waals surface area contributed by atoms with Gasteiger partial charge in [-0.1, -0.05) is 12.1 Å². The largest absolute Gasteiger partial charge is 0.497 e. The van der Waals surface area contributed by atoms with Crippen molar-refractivity contribution in [2.75, 3.05) is 7.11 Å². The highest BCUT2D eigenvalue weighted by molar-refractivity contribution is 5.87. The average Bonchev–Trinajstić information content (AvgIpc) is 2.84. The summed E-state index contributed by atoms with van der Waals surface area (Å²) in [5.41, 5.74) is 0.460. The van der Waals surface area contributed by atoms with E-state index in [1.807, 2.05) is 0 Å². The fourth-order valence-corrected chi connectivity index (χ4v) is 1.83. The molecule has 0 bridgehead atoms. The molecule has 1 heterocycles. The zero-order valence-corrected chi connectivity index (χ0v) is 10.6. The molecule has 1 aromatic carbocycles. The number of rotatable bonds is 5. The van der Waals surface area contributed by atoms with Gasteiger partial charge in [0.15, 0.2) is 0 Å². The van der Waals surface area contributed by atoms with E-state index < -0.39 is 10.9 Å². The van der Waals surface area contributed by atoms with Crippen molar-refractivity contribution >= 4 is 11.7 Å². The number of carbonyl (C=O) groups is 1. The Labute approximate surface area is 114 Å². The monoisotopic (exact) mass is 276 g/mol. The van der Waals surface area contributed by atoms with Crippen molar-refractivity contribution in [3.63, 3.8) is 0 Å². The molecule has 0 fully saturated rings. The van der Waals surface area contributed by atoms with Crippen molar-refractivity contribution < 1.29 is 19.6 Å². The summed E-state index contributed by atoms with van der Waals surface area (Å²) in [4.78, 5) is 21.2. The summed E-state index contributed by atoms with van der Waals surface area (Å²) in [6, 6.07) is 8.08. The van der Waals surface area contributed by atoms with Crippen LogP contribution in [-0.4, -0.2) is 27.7 Å². The minimum Gasteiger partial charge on any atom is -0.497 e. The molecule has 0 radical (unpaired) electrons. The summed E-state index contributed by atoms with van der Waals surface area (Å²) in [5.74, 6) is -0.516. The number of hydrogen-bond donors (Lipinski definition) is 1. The van der Waals surface area contributed by atoms with Gasteiger partial charge in [-0.15, -0.1) is 0 Å². The number of nitro groups is 1. The van der Waals surface area contributed by atoms with E-state index in [9.17, 15) is 14.9 Å². The van der Waals surface area contributed by atoms with Gasteiger partial charge in [0.05, 0.1) is 18.2 Å². The summed E-state index contributed by atoms with van der Waals surface area (Å²) in [5, 5.41) is 19.8. The number of aromatic carboxylic acids is 1. The molecule has 0 aliphatic rings. The van der Waals surface area contributed by atoms with E-state index >= 15 is 0 Å². The van der Waals surface area contributed by atoms with Crippen molar-refractivity contribution in [1.29, 1.82) is 0 Å². The molecule has 2 aromatic rings. The minimum absolute atomic E-state index is 0.118. The number of aromatic nitrogens is 1. The van der Waals surface area contributed by atoms with Gasteiger partial charge in [-0.05, 0) is 17.7 Å². The topological polar surface area (TPSA) is 94.6 Å². The number of methoxy groups -OCH3 is 1. The van der Waals surface area contributed by atoms with Crippen molar-refractivity contribution in [3.05, 3.63) is 57.9 Å². The van der Waals surface area contributed by atoms with Crippen LogP contribution in [0.4, 0.5) is 5.69 Å². The third-order valence-electron chi connectivity index (χ3n) is 2.82. The number of ether oxygens (including phenoxy) is 1. The third kappa shape index (κ3) is 2.77. The molecule has 0 aliphatic carbocycles. The molecule has 0 saturated heterocycles. The zero-order chi connectivity index (χ0) is 14.7. The molecule has 7 nitrogen and oxygen atoms in total. The quantitative estimate of drug-likeness (QED) is 0.667. The first-order valence-electron chi connectivity index (χ1n) is 5.72. The minimum atomic E-state index is -1.20. The van der Waals surface area contributed by atoms with Crippen LogP contribution in [0, 0.1) is 10.1 Å². The van der Waals surface area contributed by atoms with Crippen LogP contribution < -0.4 is 4.74 Å². The molecule has 0 saturated carbocycles. The fraction of sp³-hybridized carbons (Fsp3) is 0.154. The molecule has 0 atom stereocenters. The van der Waals surface area contributed by atoms with Gasteiger partial charge in [0.2, 0.25) is 0 Å². The molecule has 0 unspecified atom stereocenters. The second kappa shape index (κ2) is 5.43. The van der Waals surface area contributed by atoms with E-state index in [1.54, 1.807) is 31.4 Å². The maximum atomic E-state index is 11.1. The van der Waals surface area contributed by atoms with Crippen LogP contribution in [-0.2, 0) is 6.54 Å². The van der Waals surface area contributed by atoms with Crippen LogP contribution in [0.3, 0.4) is 0 Å². The summed E-state index contributed by atoms with van der Waals surface area (Å²) >= 11 is 0. The second-order valence-electron chi connectivity index (χ2n) is 4.12. The van der Waals surface area contributed by atoms with E-state index in [0.29, 0.717) is 5.75 Å². The number of hydrogen-bond acceptors (Lipinski definition) is 4. The Morgan fingerprint density at radius 3 is 2.55 bits per heavy atom. The molecule has 1 aromatic heterocycles. The molecular formula is C13H12N2O5. The molecule has 0 amide bonds. The standard InChI is InChI=1S/C13H12N2O5/c1-20-11-4-2-9(3-5-11)7-14-8-10(15(18)19)6-12(14)13(16)17/h2-6,8H,7H2,1H3,(H,16,17). The van der Waals surface area contributed by atoms with E-state index in [4.69, 9.17) is 9.84 Å². The maximum absolute atomic E-state index is 11.1. The highest BCUT2D eigenvalue weighted by atomic mass is 16.6. The lowest BCUT2D eigenvalue weighted by Gasteiger charge is -2.06. The van der Waals surface area contributed by atoms with E-state index in [-0.39, 0.29) is 17.9 Å². The molecule has 20 heavy (non-hydrogen) atoms. The van der Waals surface area contributed by atoms with Gasteiger partial charge in [0, 0.05) is 12.6 Å². The normalized spacial score (nSPS) is 10.2. The first-order chi connectivity index (χ1) is 9.51. The van der Waals surface area contributed by atoms with Gasteiger partial charge in [0.25, 0.3) is 5.69 Å². The molecule has 2 rings (SSSR count). The van der Waals surface area contributed by atoms with Crippen LogP contribution in [0.15, 0.2) is 36.5 Å². The maximum Gasteiger partial charge on any atom is 0.352 e. The Balaban J connectivity index is 2.31. The van der Waals surface area contributed by atoms with Gasteiger partial charge in [-0.3, -0.25) is 10.1 Å². The van der Waals surface area contributed by atoms with Gasteiger partial charge < -0.3 is 14.4 Å². The van der Waals surface area contributed by atoms with Crippen LogP contribution in [0.5, 0.6) is 5.75 Å². The number of carboxylic acid groups (broad SMARTS) is 1. The SMILES string of the molecule is COc1ccc(Cn2cc([N+](=O)[O-])cc2C(=O)O)cc1. The number of benzene rings is 1.